The zero-order valence-electron chi connectivity index (χ0n) is 17.9. The fourth-order valence-electron chi connectivity index (χ4n) is 3.91. The molecule has 1 aromatic carbocycles. The molecule has 1 N–H and O–H groups in total. The highest BCUT2D eigenvalue weighted by atomic mass is 32.1. The third-order valence-corrected chi connectivity index (χ3v) is 6.68. The Kier molecular flexibility index (Phi) is 6.07. The molecule has 0 saturated carbocycles. The van der Waals surface area contributed by atoms with Gasteiger partial charge in [0.15, 0.2) is 16.5 Å². The van der Waals surface area contributed by atoms with Crippen molar-refractivity contribution in [2.45, 2.75) is 39.0 Å². The number of carbonyl (C=O) groups is 1. The summed E-state index contributed by atoms with van der Waals surface area (Å²) in [5, 5.41) is 19.9. The van der Waals surface area contributed by atoms with E-state index in [1.807, 2.05) is 13.8 Å². The van der Waals surface area contributed by atoms with E-state index in [0.29, 0.717) is 29.5 Å². The molecule has 1 aliphatic rings. The second-order valence-corrected chi connectivity index (χ2v) is 8.69. The number of fused-ring (bicyclic) bond motifs is 1. The van der Waals surface area contributed by atoms with Gasteiger partial charge in [-0.2, -0.15) is 0 Å². The number of halogens is 1. The maximum Gasteiger partial charge on any atom is 0.274 e. The Morgan fingerprint density at radius 1 is 1.28 bits per heavy atom. The van der Waals surface area contributed by atoms with Crippen molar-refractivity contribution in [3.05, 3.63) is 62.8 Å². The Morgan fingerprint density at radius 2 is 2.00 bits per heavy atom. The van der Waals surface area contributed by atoms with Crippen LogP contribution < -0.4 is 5.43 Å². The topological polar surface area (TPSA) is 97.5 Å². The van der Waals surface area contributed by atoms with Gasteiger partial charge in [0.2, 0.25) is 5.43 Å². The lowest BCUT2D eigenvalue weighted by atomic mass is 10.0. The summed E-state index contributed by atoms with van der Waals surface area (Å²) < 4.78 is 20.2. The van der Waals surface area contributed by atoms with Crippen molar-refractivity contribution in [1.29, 1.82) is 0 Å². The van der Waals surface area contributed by atoms with Gasteiger partial charge in [-0.25, -0.2) is 4.39 Å². The van der Waals surface area contributed by atoms with Gasteiger partial charge >= 0.3 is 0 Å². The number of carbonyl (C=O) groups excluding carboxylic acids is 1. The quantitative estimate of drug-likeness (QED) is 0.610. The average Bonchev–Trinajstić information content (AvgIpc) is 3.25. The van der Waals surface area contributed by atoms with Crippen LogP contribution >= 0.6 is 11.3 Å². The summed E-state index contributed by atoms with van der Waals surface area (Å²) in [7, 11) is 1.58. The van der Waals surface area contributed by atoms with Gasteiger partial charge in [0.25, 0.3) is 5.91 Å². The summed E-state index contributed by atoms with van der Waals surface area (Å²) in [5.74, 6) is -1.32. The van der Waals surface area contributed by atoms with Gasteiger partial charge in [-0.05, 0) is 31.5 Å². The summed E-state index contributed by atoms with van der Waals surface area (Å²) in [6, 6.07) is 5.83. The average molecular weight is 459 g/mol. The number of methoxy groups -OCH3 is 1. The molecular weight excluding hydrogens is 435 g/mol. The molecule has 168 valence electrons. The molecule has 2 atom stereocenters. The van der Waals surface area contributed by atoms with Crippen molar-refractivity contribution < 1.29 is 19.0 Å². The third kappa shape index (κ3) is 3.91. The first kappa shape index (κ1) is 22.1. The Balaban J connectivity index is 1.71. The number of hydrogen-bond donors (Lipinski definition) is 1. The van der Waals surface area contributed by atoms with E-state index in [1.165, 1.54) is 23.5 Å². The minimum atomic E-state index is -0.664. The van der Waals surface area contributed by atoms with Crippen molar-refractivity contribution in [2.24, 2.45) is 0 Å². The SMILES string of the molecule is CCN1C(=O)c2c(O)c(=O)c(-c3nnc(Cc4ccc(F)cc4)s3)cn2C[C@H]1[C@@H](C)OC. The van der Waals surface area contributed by atoms with Crippen LogP contribution in [-0.2, 0) is 17.7 Å². The molecule has 0 unspecified atom stereocenters. The summed E-state index contributed by atoms with van der Waals surface area (Å²) >= 11 is 1.22. The fraction of sp³-hybridized carbons (Fsp3) is 0.364. The maximum atomic E-state index is 13.1. The molecular formula is C22H23FN4O4S. The van der Waals surface area contributed by atoms with Gasteiger partial charge in [-0.1, -0.05) is 23.5 Å². The predicted molar refractivity (Wildman–Crippen MR) is 117 cm³/mol. The molecule has 4 rings (SSSR count). The Hall–Kier alpha value is -3.11. The van der Waals surface area contributed by atoms with Crippen LogP contribution in [0.2, 0.25) is 0 Å². The Bertz CT molecular complexity index is 1210. The normalized spacial score (nSPS) is 16.8. The van der Waals surface area contributed by atoms with Crippen LogP contribution in [0.4, 0.5) is 4.39 Å². The van der Waals surface area contributed by atoms with Crippen molar-refractivity contribution in [2.75, 3.05) is 13.7 Å². The van der Waals surface area contributed by atoms with Crippen LogP contribution in [0.25, 0.3) is 10.6 Å². The number of amides is 1. The molecule has 0 fully saturated rings. The predicted octanol–water partition coefficient (Wildman–Crippen LogP) is 2.68. The number of hydrogen-bond acceptors (Lipinski definition) is 7. The number of ether oxygens (including phenoxy) is 1. The van der Waals surface area contributed by atoms with Gasteiger partial charge in [0.1, 0.15) is 10.8 Å². The number of aromatic nitrogens is 3. The zero-order valence-corrected chi connectivity index (χ0v) is 18.7. The molecule has 8 nitrogen and oxygen atoms in total. The van der Waals surface area contributed by atoms with Crippen molar-refractivity contribution >= 4 is 17.2 Å². The first-order valence-electron chi connectivity index (χ1n) is 10.2. The lowest BCUT2D eigenvalue weighted by molar-refractivity contribution is 0.00983. The molecule has 0 spiro atoms. The summed E-state index contributed by atoms with van der Waals surface area (Å²) in [6.07, 6.45) is 1.76. The van der Waals surface area contributed by atoms with Crippen LogP contribution in [0, 0.1) is 5.82 Å². The van der Waals surface area contributed by atoms with Gasteiger partial charge in [-0.15, -0.1) is 10.2 Å². The molecule has 3 aromatic rings. The second-order valence-electron chi connectivity index (χ2n) is 7.63. The minimum absolute atomic E-state index is 0.0313. The number of rotatable bonds is 6. The molecule has 0 radical (unpaired) electrons. The molecule has 0 aliphatic carbocycles. The highest BCUT2D eigenvalue weighted by Gasteiger charge is 2.37. The third-order valence-electron chi connectivity index (χ3n) is 5.72. The maximum absolute atomic E-state index is 13.1. The number of nitrogens with zero attached hydrogens (tertiary/aromatic N) is 4. The van der Waals surface area contributed by atoms with E-state index in [0.717, 1.165) is 5.56 Å². The largest absolute Gasteiger partial charge is 0.503 e. The highest BCUT2D eigenvalue weighted by molar-refractivity contribution is 7.14. The van der Waals surface area contributed by atoms with Gasteiger partial charge in [0.05, 0.1) is 17.7 Å². The molecule has 10 heteroatoms. The van der Waals surface area contributed by atoms with Crippen LogP contribution in [0.1, 0.15) is 34.9 Å². The summed E-state index contributed by atoms with van der Waals surface area (Å²) in [5.41, 5.74) is 0.344. The molecule has 0 bridgehead atoms. The van der Waals surface area contributed by atoms with Crippen molar-refractivity contribution in [3.8, 4) is 16.3 Å². The van der Waals surface area contributed by atoms with E-state index in [2.05, 4.69) is 10.2 Å². The number of pyridine rings is 1. The van der Waals surface area contributed by atoms with Crippen LogP contribution in [0.15, 0.2) is 35.3 Å². The van der Waals surface area contributed by atoms with Crippen LogP contribution in [-0.4, -0.2) is 56.5 Å². The van der Waals surface area contributed by atoms with E-state index < -0.39 is 17.1 Å². The van der Waals surface area contributed by atoms with E-state index in [4.69, 9.17) is 4.74 Å². The highest BCUT2D eigenvalue weighted by Crippen LogP contribution is 2.30. The first-order valence-corrected chi connectivity index (χ1v) is 11.0. The Morgan fingerprint density at radius 3 is 2.66 bits per heavy atom. The monoisotopic (exact) mass is 458 g/mol. The van der Waals surface area contributed by atoms with Crippen LogP contribution in [0.5, 0.6) is 5.75 Å². The molecule has 2 aromatic heterocycles. The van der Waals surface area contributed by atoms with E-state index in [9.17, 15) is 19.1 Å². The summed E-state index contributed by atoms with van der Waals surface area (Å²) in [4.78, 5) is 27.5. The number of likely N-dealkylation sites (N-methyl/N-ethyl adjacent to an activating group) is 1. The fourth-order valence-corrected chi connectivity index (χ4v) is 4.79. The lowest BCUT2D eigenvalue weighted by Gasteiger charge is -2.39. The Labute approximate surface area is 187 Å². The molecule has 3 heterocycles. The zero-order chi connectivity index (χ0) is 23.0. The summed E-state index contributed by atoms with van der Waals surface area (Å²) in [6.45, 7) is 4.51. The van der Waals surface area contributed by atoms with Gasteiger partial charge in [0, 0.05) is 32.8 Å². The molecule has 0 saturated heterocycles. The van der Waals surface area contributed by atoms with Crippen molar-refractivity contribution in [1.82, 2.24) is 19.7 Å². The molecule has 1 amide bonds. The minimum Gasteiger partial charge on any atom is -0.503 e. The smallest absolute Gasteiger partial charge is 0.274 e. The molecule has 1 aliphatic heterocycles. The standard InChI is InChI=1S/C22H23FN4O4S/c1-4-27-16(12(2)31-3)11-26-10-15(19(28)20(29)18(26)22(27)30)21-25-24-17(32-21)9-13-5-7-14(23)8-6-13/h5-8,10,12,16,29H,4,9,11H2,1-3H3/t12-,16+/m1/s1. The van der Waals surface area contributed by atoms with E-state index >= 15 is 0 Å². The van der Waals surface area contributed by atoms with Crippen LogP contribution in [0.3, 0.4) is 0 Å². The van der Waals surface area contributed by atoms with E-state index in [-0.39, 0.29) is 29.2 Å². The van der Waals surface area contributed by atoms with Gasteiger partial charge < -0.3 is 19.3 Å². The second kappa shape index (κ2) is 8.79. The van der Waals surface area contributed by atoms with Crippen molar-refractivity contribution in [3.63, 3.8) is 0 Å². The van der Waals surface area contributed by atoms with E-state index in [1.54, 1.807) is 34.9 Å². The lowest BCUT2D eigenvalue weighted by Crippen LogP contribution is -2.53. The number of aromatic hydroxyl groups is 1. The number of benzene rings is 1. The first-order chi connectivity index (χ1) is 15.3. The van der Waals surface area contributed by atoms with Gasteiger partial charge in [-0.3, -0.25) is 9.59 Å². The molecule has 32 heavy (non-hydrogen) atoms.